The van der Waals surface area contributed by atoms with Gasteiger partial charge >= 0.3 is 0 Å². The second-order valence-electron chi connectivity index (χ2n) is 5.08. The lowest BCUT2D eigenvalue weighted by atomic mass is 10.1. The van der Waals surface area contributed by atoms with E-state index in [1.54, 1.807) is 23.1 Å². The Kier molecular flexibility index (Phi) is 2.91. The molecular weight excluding hydrogens is 278 g/mol. The zero-order chi connectivity index (χ0) is 14.3. The minimum atomic E-state index is -3.02. The molecule has 104 valence electrons. The lowest BCUT2D eigenvalue weighted by molar-refractivity contribution is -0.115. The maximum Gasteiger partial charge on any atom is 0.243 e. The van der Waals surface area contributed by atoms with E-state index in [9.17, 15) is 13.2 Å². The Balaban J connectivity index is 2.01. The molecular formula is C13H13N3O3S. The van der Waals surface area contributed by atoms with Crippen LogP contribution in [-0.4, -0.2) is 38.4 Å². The van der Waals surface area contributed by atoms with Crippen LogP contribution in [0.25, 0.3) is 0 Å². The summed E-state index contributed by atoms with van der Waals surface area (Å²) in [4.78, 5) is 13.5. The molecule has 20 heavy (non-hydrogen) atoms. The molecule has 0 spiro atoms. The highest BCUT2D eigenvalue weighted by atomic mass is 32.2. The second-order valence-corrected chi connectivity index (χ2v) is 7.31. The molecule has 0 bridgehead atoms. The number of fused-ring (bicyclic) bond motifs is 1. The van der Waals surface area contributed by atoms with Crippen LogP contribution in [0.1, 0.15) is 12.0 Å². The van der Waals surface area contributed by atoms with E-state index in [0.29, 0.717) is 17.7 Å². The maximum absolute atomic E-state index is 11.7. The van der Waals surface area contributed by atoms with Gasteiger partial charge in [0, 0.05) is 6.04 Å². The molecule has 2 aliphatic heterocycles. The van der Waals surface area contributed by atoms with E-state index < -0.39 is 9.84 Å². The predicted octanol–water partition coefficient (Wildman–Crippen LogP) is 0.504. The summed E-state index contributed by atoms with van der Waals surface area (Å²) in [6, 6.07) is 6.87. The van der Waals surface area contributed by atoms with Crippen molar-refractivity contribution in [1.29, 1.82) is 5.26 Å². The van der Waals surface area contributed by atoms with Crippen molar-refractivity contribution < 1.29 is 13.2 Å². The van der Waals surface area contributed by atoms with Crippen molar-refractivity contribution in [2.45, 2.75) is 12.5 Å². The quantitative estimate of drug-likeness (QED) is 0.814. The smallest absolute Gasteiger partial charge is 0.243 e. The fourth-order valence-electron chi connectivity index (χ4n) is 2.72. The molecule has 2 heterocycles. The Hall–Kier alpha value is -2.07. The monoisotopic (exact) mass is 291 g/mol. The summed E-state index contributed by atoms with van der Waals surface area (Å²) in [5, 5.41) is 11.7. The summed E-state index contributed by atoms with van der Waals surface area (Å²) in [7, 11) is -3.02. The summed E-state index contributed by atoms with van der Waals surface area (Å²) in [5.74, 6) is 0.0611. The fourth-order valence-corrected chi connectivity index (χ4v) is 4.45. The molecule has 0 radical (unpaired) electrons. The van der Waals surface area contributed by atoms with Crippen LogP contribution in [-0.2, 0) is 14.6 Å². The van der Waals surface area contributed by atoms with E-state index in [-0.39, 0.29) is 30.0 Å². The fraction of sp³-hybridized carbons (Fsp3) is 0.385. The molecule has 1 fully saturated rings. The maximum atomic E-state index is 11.7. The first-order valence-electron chi connectivity index (χ1n) is 6.29. The van der Waals surface area contributed by atoms with Gasteiger partial charge in [-0.25, -0.2) is 8.42 Å². The van der Waals surface area contributed by atoms with Crippen molar-refractivity contribution in [3.05, 3.63) is 23.8 Å². The van der Waals surface area contributed by atoms with Crippen LogP contribution >= 0.6 is 0 Å². The second kappa shape index (κ2) is 4.49. The molecule has 7 heteroatoms. The number of hydrogen-bond acceptors (Lipinski definition) is 5. The van der Waals surface area contributed by atoms with Crippen LogP contribution < -0.4 is 10.2 Å². The Bertz CT molecular complexity index is 721. The van der Waals surface area contributed by atoms with Crippen molar-refractivity contribution in [2.75, 3.05) is 28.3 Å². The van der Waals surface area contributed by atoms with Gasteiger partial charge in [-0.1, -0.05) is 0 Å². The lowest BCUT2D eigenvalue weighted by Crippen LogP contribution is -2.45. The van der Waals surface area contributed by atoms with Gasteiger partial charge in [0.25, 0.3) is 0 Å². The number of amides is 1. The number of carbonyl (C=O) groups is 1. The zero-order valence-electron chi connectivity index (χ0n) is 10.7. The molecule has 0 aliphatic carbocycles. The molecule has 1 atom stereocenters. The van der Waals surface area contributed by atoms with E-state index in [0.717, 1.165) is 5.69 Å². The van der Waals surface area contributed by atoms with E-state index in [4.69, 9.17) is 5.26 Å². The first-order chi connectivity index (χ1) is 9.48. The third-order valence-corrected chi connectivity index (χ3v) is 5.42. The lowest BCUT2D eigenvalue weighted by Gasteiger charge is -2.35. The van der Waals surface area contributed by atoms with Crippen LogP contribution in [0.15, 0.2) is 18.2 Å². The largest absolute Gasteiger partial charge is 0.356 e. The van der Waals surface area contributed by atoms with E-state index in [2.05, 4.69) is 11.4 Å². The predicted molar refractivity (Wildman–Crippen MR) is 74.2 cm³/mol. The molecule has 1 aromatic rings. The van der Waals surface area contributed by atoms with Gasteiger partial charge in [-0.2, -0.15) is 5.26 Å². The normalized spacial score (nSPS) is 23.9. The van der Waals surface area contributed by atoms with Gasteiger partial charge in [-0.3, -0.25) is 4.79 Å². The van der Waals surface area contributed by atoms with Crippen LogP contribution in [0, 0.1) is 11.3 Å². The van der Waals surface area contributed by atoms with Crippen LogP contribution in [0.4, 0.5) is 11.4 Å². The van der Waals surface area contributed by atoms with Gasteiger partial charge in [0.1, 0.15) is 0 Å². The van der Waals surface area contributed by atoms with Crippen molar-refractivity contribution in [1.82, 2.24) is 0 Å². The van der Waals surface area contributed by atoms with Crippen molar-refractivity contribution in [3.63, 3.8) is 0 Å². The first kappa shape index (κ1) is 12.9. The number of nitrogens with zero attached hydrogens (tertiary/aromatic N) is 2. The first-order valence-corrected chi connectivity index (χ1v) is 8.12. The number of anilines is 2. The van der Waals surface area contributed by atoms with Gasteiger partial charge in [0.15, 0.2) is 9.84 Å². The highest BCUT2D eigenvalue weighted by molar-refractivity contribution is 7.91. The third kappa shape index (κ3) is 2.23. The third-order valence-electron chi connectivity index (χ3n) is 3.67. The number of benzene rings is 1. The van der Waals surface area contributed by atoms with Crippen LogP contribution in [0.5, 0.6) is 0 Å². The van der Waals surface area contributed by atoms with Gasteiger partial charge in [0.05, 0.1) is 41.1 Å². The topological polar surface area (TPSA) is 90.3 Å². The zero-order valence-corrected chi connectivity index (χ0v) is 11.5. The highest BCUT2D eigenvalue weighted by Gasteiger charge is 2.36. The average Bonchev–Trinajstić information content (AvgIpc) is 2.77. The Morgan fingerprint density at radius 3 is 2.85 bits per heavy atom. The number of rotatable bonds is 1. The molecule has 1 N–H and O–H groups in total. The van der Waals surface area contributed by atoms with Crippen molar-refractivity contribution in [2.24, 2.45) is 0 Å². The number of hydrogen-bond donors (Lipinski definition) is 1. The summed E-state index contributed by atoms with van der Waals surface area (Å²) < 4.78 is 23.2. The highest BCUT2D eigenvalue weighted by Crippen LogP contribution is 2.34. The minimum absolute atomic E-state index is 0.0660. The Morgan fingerprint density at radius 1 is 1.40 bits per heavy atom. The average molecular weight is 291 g/mol. The number of carbonyl (C=O) groups excluding carboxylic acids is 1. The summed E-state index contributed by atoms with van der Waals surface area (Å²) in [6.07, 6.45) is 0.520. The number of sulfone groups is 1. The minimum Gasteiger partial charge on any atom is -0.356 e. The molecule has 1 aromatic carbocycles. The SMILES string of the molecule is N#Cc1ccc2c(c1)N(C1CCS(=O)(=O)C1)CC(=O)N2. The van der Waals surface area contributed by atoms with E-state index >= 15 is 0 Å². The van der Waals surface area contributed by atoms with E-state index in [1.165, 1.54) is 0 Å². The van der Waals surface area contributed by atoms with Gasteiger partial charge in [-0.05, 0) is 24.6 Å². The van der Waals surface area contributed by atoms with Crippen LogP contribution in [0.2, 0.25) is 0 Å². The molecule has 2 aliphatic rings. The Morgan fingerprint density at radius 2 is 2.20 bits per heavy atom. The number of nitrogens with one attached hydrogen (secondary N) is 1. The molecule has 1 saturated heterocycles. The van der Waals surface area contributed by atoms with Crippen molar-refractivity contribution >= 4 is 27.1 Å². The molecule has 0 saturated carbocycles. The van der Waals surface area contributed by atoms with Crippen molar-refractivity contribution in [3.8, 4) is 6.07 Å². The van der Waals surface area contributed by atoms with Gasteiger partial charge in [0.2, 0.25) is 5.91 Å². The molecule has 3 rings (SSSR count). The summed E-state index contributed by atoms with van der Waals surface area (Å²) >= 11 is 0. The number of nitriles is 1. The molecule has 1 unspecified atom stereocenters. The van der Waals surface area contributed by atoms with Gasteiger partial charge in [-0.15, -0.1) is 0 Å². The standard InChI is InChI=1S/C13H13N3O3S/c14-6-9-1-2-11-12(5-9)16(7-13(17)15-11)10-3-4-20(18,19)8-10/h1-2,5,10H,3-4,7-8H2,(H,15,17). The molecule has 0 aromatic heterocycles. The Labute approximate surface area is 116 Å². The molecule has 1 amide bonds. The summed E-state index contributed by atoms with van der Waals surface area (Å²) in [5.41, 5.74) is 1.85. The summed E-state index contributed by atoms with van der Waals surface area (Å²) in [6.45, 7) is 0.127. The van der Waals surface area contributed by atoms with Crippen LogP contribution in [0.3, 0.4) is 0 Å². The molecule has 6 nitrogen and oxygen atoms in total. The van der Waals surface area contributed by atoms with E-state index in [1.807, 2.05) is 0 Å². The van der Waals surface area contributed by atoms with Gasteiger partial charge < -0.3 is 10.2 Å².